The van der Waals surface area contributed by atoms with E-state index in [0.717, 1.165) is 5.56 Å². The molecule has 0 amide bonds. The summed E-state index contributed by atoms with van der Waals surface area (Å²) in [4.78, 5) is 0. The second-order valence-electron chi connectivity index (χ2n) is 2.50. The summed E-state index contributed by atoms with van der Waals surface area (Å²) in [5, 5.41) is 0. The van der Waals surface area contributed by atoms with Gasteiger partial charge in [-0.1, -0.05) is 6.07 Å². The van der Waals surface area contributed by atoms with Crippen LogP contribution in [0, 0.1) is 16.3 Å². The predicted molar refractivity (Wildman–Crippen MR) is 66.3 cm³/mol. The molecule has 0 heterocycles. The highest BCUT2D eigenvalue weighted by Crippen LogP contribution is 2.28. The molecule has 12 heavy (non-hydrogen) atoms. The number of hydrogen-bond acceptors (Lipinski definition) is 1. The largest absolute Gasteiger partial charge is 0.315 e. The lowest BCUT2D eigenvalue weighted by molar-refractivity contribution is 0.621. The molecule has 0 unspecified atom stereocenters. The van der Waals surface area contributed by atoms with Crippen LogP contribution in [-0.2, 0) is 0 Å². The Morgan fingerprint density at radius 2 is 2.00 bits per heavy atom. The van der Waals surface area contributed by atoms with E-state index in [9.17, 15) is 4.39 Å². The zero-order chi connectivity index (χ0) is 9.30. The first-order valence-electron chi connectivity index (χ1n) is 3.38. The van der Waals surface area contributed by atoms with E-state index in [2.05, 4.69) is 22.9 Å². The third-order valence-corrected chi connectivity index (χ3v) is 2.89. The number of benzene rings is 1. The Morgan fingerprint density at radius 1 is 1.42 bits per heavy atom. The van der Waals surface area contributed by atoms with Gasteiger partial charge in [0.2, 0.25) is 0 Å². The van der Waals surface area contributed by atoms with E-state index in [1.807, 2.05) is 42.6 Å². The molecular weight excluding hydrogens is 383 g/mol. The fourth-order valence-electron chi connectivity index (χ4n) is 1.01. The van der Waals surface area contributed by atoms with Crippen molar-refractivity contribution in [2.24, 2.45) is 0 Å². The first kappa shape index (κ1) is 10.5. The molecule has 0 aliphatic carbocycles. The number of nitrogens with zero attached hydrogens (tertiary/aromatic N) is 1. The number of halogens is 3. The van der Waals surface area contributed by atoms with Gasteiger partial charge in [0.05, 0.1) is 32.1 Å². The van der Waals surface area contributed by atoms with Crippen LogP contribution < -0.4 is 3.11 Å². The van der Waals surface area contributed by atoms with Gasteiger partial charge >= 0.3 is 0 Å². The zero-order valence-electron chi connectivity index (χ0n) is 6.74. The average Bonchev–Trinajstić information content (AvgIpc) is 1.97. The standard InChI is InChI=1S/C8H8FI2N/c1-5-3-4-6(10)7(9)8(5)12(2)11/h3-4H,1-2H3. The van der Waals surface area contributed by atoms with Crippen molar-refractivity contribution in [1.29, 1.82) is 0 Å². The van der Waals surface area contributed by atoms with Gasteiger partial charge in [-0.05, 0) is 41.1 Å². The van der Waals surface area contributed by atoms with E-state index in [0.29, 0.717) is 9.26 Å². The summed E-state index contributed by atoms with van der Waals surface area (Å²) in [6.07, 6.45) is 0. The molecule has 0 aromatic heterocycles. The molecule has 0 aliphatic heterocycles. The number of anilines is 1. The van der Waals surface area contributed by atoms with Crippen LogP contribution in [0.3, 0.4) is 0 Å². The Balaban J connectivity index is 3.33. The van der Waals surface area contributed by atoms with Crippen molar-refractivity contribution in [3.05, 3.63) is 27.1 Å². The molecule has 0 N–H and O–H groups in total. The van der Waals surface area contributed by atoms with E-state index in [4.69, 9.17) is 0 Å². The maximum absolute atomic E-state index is 13.5. The van der Waals surface area contributed by atoms with Gasteiger partial charge < -0.3 is 3.11 Å². The molecule has 66 valence electrons. The Morgan fingerprint density at radius 3 is 2.42 bits per heavy atom. The van der Waals surface area contributed by atoms with Gasteiger partial charge in [0, 0.05) is 7.05 Å². The summed E-state index contributed by atoms with van der Waals surface area (Å²) in [6, 6.07) is 3.71. The summed E-state index contributed by atoms with van der Waals surface area (Å²) in [6.45, 7) is 1.91. The van der Waals surface area contributed by atoms with Crippen molar-refractivity contribution < 1.29 is 4.39 Å². The second-order valence-corrected chi connectivity index (χ2v) is 5.11. The van der Waals surface area contributed by atoms with Crippen molar-refractivity contribution in [3.63, 3.8) is 0 Å². The molecule has 0 aliphatic rings. The van der Waals surface area contributed by atoms with Crippen LogP contribution in [0.1, 0.15) is 5.56 Å². The Kier molecular flexibility index (Phi) is 3.57. The summed E-state index contributed by atoms with van der Waals surface area (Å²) in [7, 11) is 1.84. The molecule has 0 saturated heterocycles. The number of rotatable bonds is 1. The minimum absolute atomic E-state index is 0.132. The second kappa shape index (κ2) is 4.08. The van der Waals surface area contributed by atoms with Gasteiger partial charge in [-0.3, -0.25) is 0 Å². The number of aryl methyl sites for hydroxylation is 1. The highest BCUT2D eigenvalue weighted by atomic mass is 127. The van der Waals surface area contributed by atoms with Crippen LogP contribution in [0.2, 0.25) is 0 Å². The van der Waals surface area contributed by atoms with Gasteiger partial charge in [-0.2, -0.15) is 0 Å². The third-order valence-electron chi connectivity index (χ3n) is 1.58. The van der Waals surface area contributed by atoms with Gasteiger partial charge in [-0.15, -0.1) is 0 Å². The molecule has 1 aromatic rings. The molecule has 4 heteroatoms. The highest BCUT2D eigenvalue weighted by Gasteiger charge is 2.11. The molecule has 0 saturated carbocycles. The smallest absolute Gasteiger partial charge is 0.160 e. The van der Waals surface area contributed by atoms with Crippen LogP contribution in [0.25, 0.3) is 0 Å². The summed E-state index contributed by atoms with van der Waals surface area (Å²) in [5.41, 5.74) is 1.63. The van der Waals surface area contributed by atoms with Crippen LogP contribution in [0.4, 0.5) is 10.1 Å². The maximum atomic E-state index is 13.5. The lowest BCUT2D eigenvalue weighted by Gasteiger charge is -2.14. The monoisotopic (exact) mass is 391 g/mol. The Bertz CT molecular complexity index is 299. The normalized spacial score (nSPS) is 10.1. The fraction of sp³-hybridized carbons (Fsp3) is 0.250. The first-order valence-corrected chi connectivity index (χ1v) is 5.42. The van der Waals surface area contributed by atoms with Crippen molar-refractivity contribution >= 4 is 51.1 Å². The minimum atomic E-state index is -0.132. The molecule has 0 spiro atoms. The molecule has 1 aromatic carbocycles. The van der Waals surface area contributed by atoms with Crippen molar-refractivity contribution in [2.45, 2.75) is 6.92 Å². The van der Waals surface area contributed by atoms with Crippen LogP contribution in [0.15, 0.2) is 12.1 Å². The van der Waals surface area contributed by atoms with Gasteiger partial charge in [0.1, 0.15) is 0 Å². The van der Waals surface area contributed by atoms with Gasteiger partial charge in [0.15, 0.2) is 5.82 Å². The minimum Gasteiger partial charge on any atom is -0.315 e. The van der Waals surface area contributed by atoms with Crippen molar-refractivity contribution in [3.8, 4) is 0 Å². The fourth-order valence-corrected chi connectivity index (χ4v) is 2.04. The van der Waals surface area contributed by atoms with E-state index >= 15 is 0 Å². The van der Waals surface area contributed by atoms with E-state index in [1.54, 1.807) is 9.18 Å². The maximum Gasteiger partial charge on any atom is 0.160 e. The summed E-state index contributed by atoms with van der Waals surface area (Å²) in [5.74, 6) is -0.132. The van der Waals surface area contributed by atoms with Crippen molar-refractivity contribution in [2.75, 3.05) is 10.2 Å². The molecule has 0 bridgehead atoms. The molecule has 1 nitrogen and oxygen atoms in total. The topological polar surface area (TPSA) is 3.24 Å². The molecule has 0 atom stereocenters. The van der Waals surface area contributed by atoms with E-state index in [-0.39, 0.29) is 5.82 Å². The van der Waals surface area contributed by atoms with Gasteiger partial charge in [0.25, 0.3) is 0 Å². The average molecular weight is 391 g/mol. The molecule has 1 rings (SSSR count). The predicted octanol–water partition coefficient (Wildman–Crippen LogP) is 3.52. The Hall–Kier alpha value is 0.410. The van der Waals surface area contributed by atoms with Crippen LogP contribution in [0.5, 0.6) is 0 Å². The lowest BCUT2D eigenvalue weighted by Crippen LogP contribution is -2.05. The molecular formula is C8H8FI2N. The zero-order valence-corrected chi connectivity index (χ0v) is 11.1. The SMILES string of the molecule is Cc1ccc(I)c(F)c1N(C)I. The van der Waals surface area contributed by atoms with E-state index in [1.165, 1.54) is 0 Å². The van der Waals surface area contributed by atoms with Crippen LogP contribution in [-0.4, -0.2) is 7.05 Å². The lowest BCUT2D eigenvalue weighted by atomic mass is 10.2. The summed E-state index contributed by atoms with van der Waals surface area (Å²) < 4.78 is 15.9. The quantitative estimate of drug-likeness (QED) is 0.523. The molecule has 0 fully saturated rings. The van der Waals surface area contributed by atoms with Crippen LogP contribution >= 0.6 is 45.5 Å². The highest BCUT2D eigenvalue weighted by molar-refractivity contribution is 14.1. The number of hydrogen-bond donors (Lipinski definition) is 0. The third kappa shape index (κ3) is 2.01. The van der Waals surface area contributed by atoms with Crippen molar-refractivity contribution in [1.82, 2.24) is 0 Å². The molecule has 0 radical (unpaired) electrons. The van der Waals surface area contributed by atoms with Gasteiger partial charge in [-0.25, -0.2) is 4.39 Å². The van der Waals surface area contributed by atoms with E-state index < -0.39 is 0 Å². The Labute approximate surface area is 99.0 Å². The first-order chi connectivity index (χ1) is 5.54. The summed E-state index contributed by atoms with van der Waals surface area (Å²) >= 11 is 4.06.